The Morgan fingerprint density at radius 1 is 0.548 bits per heavy atom. The molecule has 0 aliphatic carbocycles. The molecule has 0 heterocycles. The lowest BCUT2D eigenvalue weighted by Crippen LogP contribution is -2.22. The first-order chi connectivity index (χ1) is 13.8. The highest BCUT2D eigenvalue weighted by molar-refractivity contribution is 5.44. The summed E-state index contributed by atoms with van der Waals surface area (Å²) in [6, 6.07) is 14.5. The zero-order valence-corrected chi connectivity index (χ0v) is 22.7. The fourth-order valence-corrected chi connectivity index (χ4v) is 4.58. The molecular formula is C31H48. The second kappa shape index (κ2) is 8.42. The Bertz CT molecular complexity index is 899. The molecule has 0 aromatic heterocycles. The maximum atomic E-state index is 2.49. The summed E-state index contributed by atoms with van der Waals surface area (Å²) in [7, 11) is 0. The van der Waals surface area contributed by atoms with Gasteiger partial charge in [-0.3, -0.25) is 0 Å². The van der Waals surface area contributed by atoms with Gasteiger partial charge in [0.1, 0.15) is 0 Å². The molecule has 0 fully saturated rings. The molecule has 2 rings (SSSR count). The molecule has 31 heavy (non-hydrogen) atoms. The minimum atomic E-state index is 0.143. The minimum absolute atomic E-state index is 0.143. The summed E-state index contributed by atoms with van der Waals surface area (Å²) in [6.45, 7) is 30.4. The molecule has 0 radical (unpaired) electrons. The molecule has 0 bridgehead atoms. The molecule has 0 nitrogen and oxygen atoms in total. The van der Waals surface area contributed by atoms with Gasteiger partial charge >= 0.3 is 0 Å². The molecule has 0 aliphatic heterocycles. The highest BCUT2D eigenvalue weighted by Crippen LogP contribution is 2.38. The van der Waals surface area contributed by atoms with E-state index in [0.29, 0.717) is 5.92 Å². The molecule has 2 aromatic rings. The molecule has 0 saturated carbocycles. The van der Waals surface area contributed by atoms with E-state index >= 15 is 0 Å². The summed E-state index contributed by atoms with van der Waals surface area (Å²) in [5.41, 5.74) is 9.45. The van der Waals surface area contributed by atoms with E-state index in [-0.39, 0.29) is 21.7 Å². The zero-order chi connectivity index (χ0) is 24.0. The Labute approximate surface area is 193 Å². The van der Waals surface area contributed by atoms with Crippen molar-refractivity contribution >= 4 is 0 Å². The number of rotatable bonds is 3. The van der Waals surface area contributed by atoms with Gasteiger partial charge in [-0.2, -0.15) is 0 Å². The van der Waals surface area contributed by atoms with E-state index in [9.17, 15) is 0 Å². The Morgan fingerprint density at radius 3 is 1.48 bits per heavy atom. The van der Waals surface area contributed by atoms with Crippen LogP contribution in [0.25, 0.3) is 0 Å². The first kappa shape index (κ1) is 25.7. The van der Waals surface area contributed by atoms with Gasteiger partial charge in [0.25, 0.3) is 0 Å². The first-order valence-corrected chi connectivity index (χ1v) is 12.1. The van der Waals surface area contributed by atoms with E-state index in [1.807, 2.05) is 0 Å². The molecule has 0 heteroatoms. The van der Waals surface area contributed by atoms with Crippen LogP contribution < -0.4 is 0 Å². The van der Waals surface area contributed by atoms with E-state index in [1.54, 1.807) is 0 Å². The van der Waals surface area contributed by atoms with Crippen LogP contribution in [0.1, 0.15) is 129 Å². The first-order valence-electron chi connectivity index (χ1n) is 12.1. The van der Waals surface area contributed by atoms with Crippen LogP contribution >= 0.6 is 0 Å². The lowest BCUT2D eigenvalue weighted by atomic mass is 9.73. The predicted octanol–water partition coefficient (Wildman–Crippen LogP) is 9.22. The van der Waals surface area contributed by atoms with Gasteiger partial charge in [-0.1, -0.05) is 126 Å². The Morgan fingerprint density at radius 2 is 1.03 bits per heavy atom. The van der Waals surface area contributed by atoms with Gasteiger partial charge in [-0.05, 0) is 67.4 Å². The van der Waals surface area contributed by atoms with Crippen molar-refractivity contribution in [2.45, 2.75) is 124 Å². The van der Waals surface area contributed by atoms with Crippen molar-refractivity contribution in [3.05, 3.63) is 69.8 Å². The maximum Gasteiger partial charge on any atom is -0.0129 e. The highest BCUT2D eigenvalue weighted by atomic mass is 14.3. The van der Waals surface area contributed by atoms with E-state index in [0.717, 1.165) is 6.42 Å². The highest BCUT2D eigenvalue weighted by Gasteiger charge is 2.27. The van der Waals surface area contributed by atoms with Crippen molar-refractivity contribution in [2.75, 3.05) is 0 Å². The molecule has 0 aliphatic rings. The van der Waals surface area contributed by atoms with Gasteiger partial charge in [0.2, 0.25) is 0 Å². The van der Waals surface area contributed by atoms with E-state index in [4.69, 9.17) is 0 Å². The summed E-state index contributed by atoms with van der Waals surface area (Å²) in [5, 5.41) is 0. The van der Waals surface area contributed by atoms with Crippen molar-refractivity contribution in [1.29, 1.82) is 0 Å². The van der Waals surface area contributed by atoms with Crippen LogP contribution in [0.4, 0.5) is 0 Å². The maximum absolute atomic E-state index is 2.49. The SMILES string of the molecule is CC(Cc1ccc(C(C)(C)C)c(C(C)(C)C)c1)c1cc(C(C)(C)C)ccc1C(C)(C)C. The van der Waals surface area contributed by atoms with Crippen molar-refractivity contribution in [3.8, 4) is 0 Å². The monoisotopic (exact) mass is 420 g/mol. The van der Waals surface area contributed by atoms with E-state index in [2.05, 4.69) is 126 Å². The second-order valence-electron chi connectivity index (χ2n) is 13.8. The lowest BCUT2D eigenvalue weighted by molar-refractivity contribution is 0.528. The van der Waals surface area contributed by atoms with Crippen molar-refractivity contribution in [1.82, 2.24) is 0 Å². The Kier molecular flexibility index (Phi) is 6.98. The van der Waals surface area contributed by atoms with Gasteiger partial charge in [0, 0.05) is 0 Å². The fraction of sp³-hybridized carbons (Fsp3) is 0.613. The molecule has 0 amide bonds. The summed E-state index contributed by atoms with van der Waals surface area (Å²) in [5.74, 6) is 0.477. The van der Waals surface area contributed by atoms with Gasteiger partial charge in [0.15, 0.2) is 0 Å². The normalized spacial score (nSPS) is 14.6. The van der Waals surface area contributed by atoms with Gasteiger partial charge in [-0.25, -0.2) is 0 Å². The minimum Gasteiger partial charge on any atom is -0.0587 e. The third-order valence-corrected chi connectivity index (χ3v) is 6.50. The quantitative estimate of drug-likeness (QED) is 0.464. The standard InChI is InChI=1S/C31H48/c1-21(24-20-23(28(2,3)4)15-17-25(24)29(5,6)7)18-22-14-16-26(30(8,9)10)27(19-22)31(11,12)13/h14-17,19-21H,18H2,1-13H3. The molecule has 2 aromatic carbocycles. The Hall–Kier alpha value is -1.56. The fourth-order valence-electron chi connectivity index (χ4n) is 4.58. The van der Waals surface area contributed by atoms with Crippen LogP contribution in [0.5, 0.6) is 0 Å². The van der Waals surface area contributed by atoms with E-state index in [1.165, 1.54) is 33.4 Å². The molecule has 0 spiro atoms. The van der Waals surface area contributed by atoms with Crippen LogP contribution in [0.3, 0.4) is 0 Å². The van der Waals surface area contributed by atoms with Crippen LogP contribution in [0.15, 0.2) is 36.4 Å². The van der Waals surface area contributed by atoms with Gasteiger partial charge < -0.3 is 0 Å². The Balaban J connectivity index is 2.53. The van der Waals surface area contributed by atoms with Gasteiger partial charge in [-0.15, -0.1) is 0 Å². The average molecular weight is 421 g/mol. The molecule has 1 unspecified atom stereocenters. The third kappa shape index (κ3) is 6.24. The molecular weight excluding hydrogens is 372 g/mol. The second-order valence-corrected chi connectivity index (χ2v) is 13.8. The van der Waals surface area contributed by atoms with Crippen LogP contribution in [-0.4, -0.2) is 0 Å². The average Bonchev–Trinajstić information content (AvgIpc) is 2.58. The number of hydrogen-bond acceptors (Lipinski definition) is 0. The van der Waals surface area contributed by atoms with Crippen molar-refractivity contribution in [2.24, 2.45) is 0 Å². The van der Waals surface area contributed by atoms with Crippen molar-refractivity contribution < 1.29 is 0 Å². The van der Waals surface area contributed by atoms with Gasteiger partial charge in [0.05, 0.1) is 0 Å². The lowest BCUT2D eigenvalue weighted by Gasteiger charge is -2.32. The topological polar surface area (TPSA) is 0 Å². The number of hydrogen-bond donors (Lipinski definition) is 0. The summed E-state index contributed by atoms with van der Waals surface area (Å²) in [4.78, 5) is 0. The van der Waals surface area contributed by atoms with Crippen LogP contribution in [0.2, 0.25) is 0 Å². The number of benzene rings is 2. The summed E-state index contributed by atoms with van der Waals surface area (Å²) >= 11 is 0. The zero-order valence-electron chi connectivity index (χ0n) is 22.7. The van der Waals surface area contributed by atoms with Crippen molar-refractivity contribution in [3.63, 3.8) is 0 Å². The molecule has 0 N–H and O–H groups in total. The summed E-state index contributed by atoms with van der Waals surface area (Å²) < 4.78 is 0. The molecule has 1 atom stereocenters. The summed E-state index contributed by atoms with van der Waals surface area (Å²) in [6.07, 6.45) is 1.07. The third-order valence-electron chi connectivity index (χ3n) is 6.50. The molecule has 0 saturated heterocycles. The largest absolute Gasteiger partial charge is 0.0587 e. The predicted molar refractivity (Wildman–Crippen MR) is 140 cm³/mol. The van der Waals surface area contributed by atoms with E-state index < -0.39 is 0 Å². The van der Waals surface area contributed by atoms with Crippen LogP contribution in [-0.2, 0) is 28.1 Å². The smallest absolute Gasteiger partial charge is 0.0129 e. The van der Waals surface area contributed by atoms with Crippen LogP contribution in [0, 0.1) is 0 Å². The molecule has 172 valence electrons.